The lowest BCUT2D eigenvalue weighted by Crippen LogP contribution is -2.29. The highest BCUT2D eigenvalue weighted by Gasteiger charge is 2.24. The molecule has 0 spiro atoms. The second kappa shape index (κ2) is 8.90. The topological polar surface area (TPSA) is 77.2 Å². The number of carbonyl (C=O) groups excluding carboxylic acids is 1. The van der Waals surface area contributed by atoms with E-state index in [2.05, 4.69) is 15.5 Å². The molecule has 1 amide bonds. The summed E-state index contributed by atoms with van der Waals surface area (Å²) in [6.45, 7) is 0. The Morgan fingerprint density at radius 2 is 1.76 bits per heavy atom. The summed E-state index contributed by atoms with van der Waals surface area (Å²) in [4.78, 5) is 17.0. The molecular formula is C23H25N3O3. The summed E-state index contributed by atoms with van der Waals surface area (Å²) in [5.74, 6) is 1.13. The Hall–Kier alpha value is -3.15. The Morgan fingerprint density at radius 1 is 1.07 bits per heavy atom. The molecular weight excluding hydrogens is 366 g/mol. The predicted molar refractivity (Wildman–Crippen MR) is 109 cm³/mol. The van der Waals surface area contributed by atoms with Gasteiger partial charge in [0.15, 0.2) is 0 Å². The molecule has 2 aromatic heterocycles. The number of nitrogens with zero attached hydrogens (tertiary/aromatic N) is 2. The highest BCUT2D eigenvalue weighted by molar-refractivity contribution is 5.92. The highest BCUT2D eigenvalue weighted by atomic mass is 16.5. The third-order valence-electron chi connectivity index (χ3n) is 5.54. The van der Waals surface area contributed by atoms with Gasteiger partial charge < -0.3 is 14.6 Å². The first-order valence-electron chi connectivity index (χ1n) is 10.1. The van der Waals surface area contributed by atoms with E-state index < -0.39 is 0 Å². The quantitative estimate of drug-likeness (QED) is 0.662. The van der Waals surface area contributed by atoms with E-state index in [0.29, 0.717) is 5.92 Å². The molecule has 0 radical (unpaired) electrons. The third-order valence-corrected chi connectivity index (χ3v) is 5.54. The van der Waals surface area contributed by atoms with E-state index in [4.69, 9.17) is 9.26 Å². The molecule has 1 aliphatic rings. The summed E-state index contributed by atoms with van der Waals surface area (Å²) in [6, 6.07) is 12.9. The first kappa shape index (κ1) is 19.2. The van der Waals surface area contributed by atoms with Crippen LogP contribution >= 0.6 is 0 Å². The van der Waals surface area contributed by atoms with E-state index >= 15 is 0 Å². The molecule has 6 heteroatoms. The number of hydrogen-bond donors (Lipinski definition) is 1. The maximum absolute atomic E-state index is 12.9. The van der Waals surface area contributed by atoms with E-state index in [1.54, 1.807) is 25.6 Å². The maximum atomic E-state index is 12.9. The summed E-state index contributed by atoms with van der Waals surface area (Å²) in [6.07, 6.45) is 9.35. The lowest BCUT2D eigenvalue weighted by atomic mass is 9.87. The Kier molecular flexibility index (Phi) is 5.89. The number of pyridine rings is 1. The second-order valence-electron chi connectivity index (χ2n) is 7.41. The smallest absolute Gasteiger partial charge is 0.290 e. The molecule has 3 aromatic rings. The van der Waals surface area contributed by atoms with Crippen LogP contribution in [0.2, 0.25) is 0 Å². The zero-order valence-electron chi connectivity index (χ0n) is 16.5. The average molecular weight is 391 g/mol. The summed E-state index contributed by atoms with van der Waals surface area (Å²) < 4.78 is 10.6. The predicted octanol–water partition coefficient (Wildman–Crippen LogP) is 4.65. The Morgan fingerprint density at radius 3 is 2.45 bits per heavy atom. The number of ether oxygens (including phenoxy) is 1. The third kappa shape index (κ3) is 4.47. The van der Waals surface area contributed by atoms with E-state index in [-0.39, 0.29) is 17.7 Å². The lowest BCUT2D eigenvalue weighted by molar-refractivity contribution is 0.0905. The Labute approximate surface area is 170 Å². The molecule has 1 aliphatic carbocycles. The lowest BCUT2D eigenvalue weighted by Gasteiger charge is -2.19. The fourth-order valence-corrected chi connectivity index (χ4v) is 3.90. The normalized spacial score (nSPS) is 15.6. The van der Waals surface area contributed by atoms with Gasteiger partial charge in [-0.05, 0) is 48.2 Å². The molecule has 1 atom stereocenters. The van der Waals surface area contributed by atoms with E-state index in [9.17, 15) is 4.79 Å². The van der Waals surface area contributed by atoms with Crippen molar-refractivity contribution in [3.8, 4) is 5.75 Å². The summed E-state index contributed by atoms with van der Waals surface area (Å²) in [7, 11) is 1.63. The molecule has 150 valence electrons. The van der Waals surface area contributed by atoms with Gasteiger partial charge in [-0.15, -0.1) is 0 Å². The van der Waals surface area contributed by atoms with Crippen molar-refractivity contribution in [1.82, 2.24) is 15.5 Å². The summed E-state index contributed by atoms with van der Waals surface area (Å²) in [5, 5.41) is 7.25. The first-order valence-corrected chi connectivity index (χ1v) is 10.1. The SMILES string of the molecule is COc1ccc(C(NC(=O)c2cc(C3CCCCC3)no2)c2ccncc2)cc1. The van der Waals surface area contributed by atoms with E-state index in [1.807, 2.05) is 36.4 Å². The van der Waals surface area contributed by atoms with Crippen molar-refractivity contribution >= 4 is 5.91 Å². The summed E-state index contributed by atoms with van der Waals surface area (Å²) >= 11 is 0. The highest BCUT2D eigenvalue weighted by Crippen LogP contribution is 2.32. The number of nitrogens with one attached hydrogen (secondary N) is 1. The Balaban J connectivity index is 1.55. The minimum Gasteiger partial charge on any atom is -0.497 e. The van der Waals surface area contributed by atoms with Crippen molar-refractivity contribution in [3.63, 3.8) is 0 Å². The van der Waals surface area contributed by atoms with Gasteiger partial charge in [-0.25, -0.2) is 0 Å². The fraction of sp³-hybridized carbons (Fsp3) is 0.348. The van der Waals surface area contributed by atoms with Crippen molar-refractivity contribution in [2.45, 2.75) is 44.1 Å². The van der Waals surface area contributed by atoms with Crippen molar-refractivity contribution in [2.75, 3.05) is 7.11 Å². The molecule has 0 bridgehead atoms. The van der Waals surface area contributed by atoms with Crippen LogP contribution in [0, 0.1) is 0 Å². The largest absolute Gasteiger partial charge is 0.497 e. The molecule has 1 aromatic carbocycles. The van der Waals surface area contributed by atoms with Crippen LogP contribution in [0.3, 0.4) is 0 Å². The first-order chi connectivity index (χ1) is 14.2. The average Bonchev–Trinajstić information content (AvgIpc) is 3.29. The number of rotatable bonds is 6. The molecule has 6 nitrogen and oxygen atoms in total. The van der Waals surface area contributed by atoms with Crippen LogP contribution in [0.4, 0.5) is 0 Å². The molecule has 4 rings (SSSR count). The van der Waals surface area contributed by atoms with Crippen LogP contribution in [-0.2, 0) is 0 Å². The van der Waals surface area contributed by atoms with Crippen LogP contribution in [0.1, 0.15) is 71.4 Å². The minimum absolute atomic E-state index is 0.248. The molecule has 1 fully saturated rings. The number of methoxy groups -OCH3 is 1. The van der Waals surface area contributed by atoms with Crippen molar-refractivity contribution in [3.05, 3.63) is 77.4 Å². The van der Waals surface area contributed by atoms with Crippen LogP contribution in [-0.4, -0.2) is 23.2 Å². The number of aromatic nitrogens is 2. The van der Waals surface area contributed by atoms with Crippen LogP contribution < -0.4 is 10.1 Å². The molecule has 1 unspecified atom stereocenters. The number of amides is 1. The van der Waals surface area contributed by atoms with Gasteiger partial charge in [0.1, 0.15) is 5.75 Å². The molecule has 1 N–H and O–H groups in total. The van der Waals surface area contributed by atoms with Gasteiger partial charge in [-0.2, -0.15) is 0 Å². The molecule has 2 heterocycles. The fourth-order valence-electron chi connectivity index (χ4n) is 3.90. The van der Waals surface area contributed by atoms with Gasteiger partial charge in [0.05, 0.1) is 18.8 Å². The van der Waals surface area contributed by atoms with Gasteiger partial charge >= 0.3 is 0 Å². The standard InChI is InChI=1S/C23H25N3O3/c1-28-19-9-7-17(8-10-19)22(18-11-13-24-14-12-18)25-23(27)21-15-20(26-29-21)16-5-3-2-4-6-16/h7-16,22H,2-6H2,1H3,(H,25,27). The van der Waals surface area contributed by atoms with Gasteiger partial charge in [0.2, 0.25) is 5.76 Å². The van der Waals surface area contributed by atoms with E-state index in [0.717, 1.165) is 35.4 Å². The number of benzene rings is 1. The van der Waals surface area contributed by atoms with Crippen molar-refractivity contribution in [2.24, 2.45) is 0 Å². The second-order valence-corrected chi connectivity index (χ2v) is 7.41. The Bertz CT molecular complexity index is 932. The van der Waals surface area contributed by atoms with Crippen molar-refractivity contribution < 1.29 is 14.1 Å². The van der Waals surface area contributed by atoms with Crippen LogP contribution in [0.25, 0.3) is 0 Å². The zero-order chi connectivity index (χ0) is 20.1. The monoisotopic (exact) mass is 391 g/mol. The van der Waals surface area contributed by atoms with E-state index in [1.165, 1.54) is 19.3 Å². The van der Waals surface area contributed by atoms with Gasteiger partial charge in [0, 0.05) is 24.4 Å². The molecule has 0 saturated heterocycles. The molecule has 29 heavy (non-hydrogen) atoms. The number of hydrogen-bond acceptors (Lipinski definition) is 5. The van der Waals surface area contributed by atoms with Crippen molar-refractivity contribution in [1.29, 1.82) is 0 Å². The molecule has 1 saturated carbocycles. The van der Waals surface area contributed by atoms with Crippen LogP contribution in [0.15, 0.2) is 59.4 Å². The minimum atomic E-state index is -0.334. The van der Waals surface area contributed by atoms with Gasteiger partial charge in [0.25, 0.3) is 5.91 Å². The summed E-state index contributed by atoms with van der Waals surface area (Å²) in [5.41, 5.74) is 2.77. The molecule has 0 aliphatic heterocycles. The van der Waals surface area contributed by atoms with Gasteiger partial charge in [-0.1, -0.05) is 36.6 Å². The zero-order valence-corrected chi connectivity index (χ0v) is 16.5. The van der Waals surface area contributed by atoms with Crippen LogP contribution in [0.5, 0.6) is 5.75 Å². The van der Waals surface area contributed by atoms with Gasteiger partial charge in [-0.3, -0.25) is 9.78 Å². The number of carbonyl (C=O) groups is 1. The maximum Gasteiger partial charge on any atom is 0.290 e.